The Morgan fingerprint density at radius 2 is 1.11 bits per heavy atom. The standard InChI is InChI=1S/C23H38N2O2/c1-14-7-9-16-20(3,4)22(16,11-14)18(26)24-13-25-19(27)23-12-15(2)8-10-17(23)21(23,5)6/h14-17H,7-13H2,1-6H3,(H,24,26)(H,25,27). The zero-order valence-electron chi connectivity index (χ0n) is 18.1. The van der Waals surface area contributed by atoms with E-state index in [9.17, 15) is 9.59 Å². The van der Waals surface area contributed by atoms with Gasteiger partial charge >= 0.3 is 0 Å². The maximum Gasteiger partial charge on any atom is 0.228 e. The van der Waals surface area contributed by atoms with Crippen molar-refractivity contribution in [2.75, 3.05) is 6.67 Å². The van der Waals surface area contributed by atoms with Gasteiger partial charge in [0.25, 0.3) is 0 Å². The van der Waals surface area contributed by atoms with Gasteiger partial charge in [-0.1, -0.05) is 54.4 Å². The summed E-state index contributed by atoms with van der Waals surface area (Å²) >= 11 is 0. The fourth-order valence-corrected chi connectivity index (χ4v) is 7.77. The molecule has 6 atom stereocenters. The van der Waals surface area contributed by atoms with Crippen LogP contribution in [0.2, 0.25) is 0 Å². The van der Waals surface area contributed by atoms with E-state index in [0.717, 1.165) is 25.7 Å². The molecule has 2 N–H and O–H groups in total. The predicted molar refractivity (Wildman–Crippen MR) is 107 cm³/mol. The molecule has 4 nitrogen and oxygen atoms in total. The number of hydrogen-bond acceptors (Lipinski definition) is 2. The molecule has 4 fully saturated rings. The van der Waals surface area contributed by atoms with Crippen LogP contribution in [0.15, 0.2) is 0 Å². The van der Waals surface area contributed by atoms with Gasteiger partial charge in [-0.05, 0) is 60.2 Å². The van der Waals surface area contributed by atoms with Crippen molar-refractivity contribution >= 4 is 11.8 Å². The third-order valence-electron chi connectivity index (χ3n) is 9.61. The lowest BCUT2D eigenvalue weighted by Gasteiger charge is -2.29. The molecule has 6 unspecified atom stereocenters. The molecule has 4 aliphatic rings. The lowest BCUT2D eigenvalue weighted by atomic mass is 9.79. The average molecular weight is 375 g/mol. The summed E-state index contributed by atoms with van der Waals surface area (Å²) < 4.78 is 0. The Morgan fingerprint density at radius 1 is 0.741 bits per heavy atom. The minimum atomic E-state index is -0.214. The highest BCUT2D eigenvalue weighted by Crippen LogP contribution is 2.76. The second kappa shape index (κ2) is 5.73. The summed E-state index contributed by atoms with van der Waals surface area (Å²) in [5.41, 5.74) is -0.247. The van der Waals surface area contributed by atoms with Crippen LogP contribution in [0.25, 0.3) is 0 Å². The highest BCUT2D eigenvalue weighted by atomic mass is 16.2. The summed E-state index contributed by atoms with van der Waals surface area (Å²) in [6, 6.07) is 0. The molecule has 152 valence electrons. The van der Waals surface area contributed by atoms with Crippen molar-refractivity contribution < 1.29 is 9.59 Å². The summed E-state index contributed by atoms with van der Waals surface area (Å²) in [4.78, 5) is 26.2. The first-order chi connectivity index (χ1) is 12.5. The first-order valence-corrected chi connectivity index (χ1v) is 11.1. The topological polar surface area (TPSA) is 58.2 Å². The van der Waals surface area contributed by atoms with E-state index in [-0.39, 0.29) is 40.1 Å². The van der Waals surface area contributed by atoms with Crippen molar-refractivity contribution in [2.24, 2.45) is 45.3 Å². The Morgan fingerprint density at radius 3 is 1.48 bits per heavy atom. The van der Waals surface area contributed by atoms with Gasteiger partial charge in [0.1, 0.15) is 0 Å². The Labute approximate surface area is 164 Å². The maximum atomic E-state index is 13.1. The molecule has 4 heteroatoms. The van der Waals surface area contributed by atoms with E-state index in [1.54, 1.807) is 0 Å². The van der Waals surface area contributed by atoms with Gasteiger partial charge in [0.05, 0.1) is 17.5 Å². The second-order valence-corrected chi connectivity index (χ2v) is 11.5. The average Bonchev–Trinajstić information content (AvgIpc) is 3.30. The molecule has 0 aromatic heterocycles. The van der Waals surface area contributed by atoms with Crippen LogP contribution in [0.4, 0.5) is 0 Å². The molecule has 4 aliphatic carbocycles. The molecule has 0 heterocycles. The first-order valence-electron chi connectivity index (χ1n) is 11.1. The van der Waals surface area contributed by atoms with Crippen LogP contribution in [-0.4, -0.2) is 18.5 Å². The zero-order valence-corrected chi connectivity index (χ0v) is 18.1. The van der Waals surface area contributed by atoms with Crippen molar-refractivity contribution in [3.63, 3.8) is 0 Å². The van der Waals surface area contributed by atoms with Crippen LogP contribution in [0.5, 0.6) is 0 Å². The fourth-order valence-electron chi connectivity index (χ4n) is 7.77. The van der Waals surface area contributed by atoms with E-state index in [4.69, 9.17) is 0 Å². The second-order valence-electron chi connectivity index (χ2n) is 11.5. The van der Waals surface area contributed by atoms with Crippen molar-refractivity contribution in [1.29, 1.82) is 0 Å². The number of fused-ring (bicyclic) bond motifs is 2. The Balaban J connectivity index is 1.37. The van der Waals surface area contributed by atoms with Crippen LogP contribution in [0.1, 0.15) is 80.1 Å². The molecule has 0 saturated heterocycles. The number of nitrogens with one attached hydrogen (secondary N) is 2. The highest BCUT2D eigenvalue weighted by Gasteiger charge is 2.76. The van der Waals surface area contributed by atoms with Gasteiger partial charge in [0.2, 0.25) is 11.8 Å². The third-order valence-corrected chi connectivity index (χ3v) is 9.61. The summed E-state index contributed by atoms with van der Waals surface area (Å²) in [7, 11) is 0. The minimum Gasteiger partial charge on any atom is -0.338 e. The Kier molecular flexibility index (Phi) is 4.09. The SMILES string of the molecule is CC1CCC2C(C)(C)C2(C(=O)NCNC(=O)C23CC(C)CCC2C3(C)C)C1. The zero-order chi connectivity index (χ0) is 19.8. The molecule has 0 bridgehead atoms. The lowest BCUT2D eigenvalue weighted by molar-refractivity contribution is -0.131. The number of carbonyl (C=O) groups is 2. The van der Waals surface area contributed by atoms with Crippen molar-refractivity contribution in [2.45, 2.75) is 80.1 Å². The molecule has 0 radical (unpaired) electrons. The summed E-state index contributed by atoms with van der Waals surface area (Å²) in [6.45, 7) is 13.8. The molecule has 0 spiro atoms. The molecule has 27 heavy (non-hydrogen) atoms. The van der Waals surface area contributed by atoms with Gasteiger partial charge in [-0.3, -0.25) is 9.59 Å². The van der Waals surface area contributed by atoms with E-state index >= 15 is 0 Å². The number of rotatable bonds is 4. The molecule has 0 aliphatic heterocycles. The summed E-state index contributed by atoms with van der Waals surface area (Å²) in [5.74, 6) is 2.54. The maximum absolute atomic E-state index is 13.1. The van der Waals surface area contributed by atoms with Crippen molar-refractivity contribution in [1.82, 2.24) is 10.6 Å². The molecule has 2 amide bonds. The van der Waals surface area contributed by atoms with Gasteiger partial charge in [0.15, 0.2) is 0 Å². The normalized spacial score (nSPS) is 45.9. The molecule has 4 rings (SSSR count). The van der Waals surface area contributed by atoms with Crippen molar-refractivity contribution in [3.8, 4) is 0 Å². The molecular formula is C23H38N2O2. The third kappa shape index (κ3) is 2.34. The van der Waals surface area contributed by atoms with E-state index in [2.05, 4.69) is 52.2 Å². The predicted octanol–water partition coefficient (Wildman–Crippen LogP) is 4.10. The number of carbonyl (C=O) groups excluding carboxylic acids is 2. The van der Waals surface area contributed by atoms with Crippen LogP contribution in [-0.2, 0) is 9.59 Å². The minimum absolute atomic E-state index is 0.0902. The molecular weight excluding hydrogens is 336 g/mol. The fraction of sp³-hybridized carbons (Fsp3) is 0.913. The summed E-state index contributed by atoms with van der Waals surface area (Å²) in [5, 5.41) is 6.17. The van der Waals surface area contributed by atoms with Gasteiger partial charge in [-0.2, -0.15) is 0 Å². The van der Waals surface area contributed by atoms with E-state index in [1.807, 2.05) is 0 Å². The monoisotopic (exact) mass is 374 g/mol. The first kappa shape index (κ1) is 19.3. The molecule has 0 aromatic carbocycles. The molecule has 4 saturated carbocycles. The van der Waals surface area contributed by atoms with E-state index in [0.29, 0.717) is 23.7 Å². The van der Waals surface area contributed by atoms with Gasteiger partial charge in [0, 0.05) is 0 Å². The van der Waals surface area contributed by atoms with Crippen molar-refractivity contribution in [3.05, 3.63) is 0 Å². The van der Waals surface area contributed by atoms with E-state index in [1.165, 1.54) is 12.8 Å². The van der Waals surface area contributed by atoms with Crippen LogP contribution < -0.4 is 10.6 Å². The number of amides is 2. The Hall–Kier alpha value is -1.06. The Bertz CT molecular complexity index is 613. The highest BCUT2D eigenvalue weighted by molar-refractivity contribution is 5.90. The smallest absolute Gasteiger partial charge is 0.228 e. The quantitative estimate of drug-likeness (QED) is 0.728. The largest absolute Gasteiger partial charge is 0.338 e. The van der Waals surface area contributed by atoms with Crippen LogP contribution >= 0.6 is 0 Å². The molecule has 0 aromatic rings. The van der Waals surface area contributed by atoms with Gasteiger partial charge < -0.3 is 10.6 Å². The van der Waals surface area contributed by atoms with Gasteiger partial charge in [-0.15, -0.1) is 0 Å². The summed E-state index contributed by atoms with van der Waals surface area (Å²) in [6.07, 6.45) is 6.76. The lowest BCUT2D eigenvalue weighted by Crippen LogP contribution is -2.46. The number of hydrogen-bond donors (Lipinski definition) is 2. The van der Waals surface area contributed by atoms with Crippen LogP contribution in [0, 0.1) is 45.3 Å². The van der Waals surface area contributed by atoms with E-state index < -0.39 is 0 Å². The van der Waals surface area contributed by atoms with Gasteiger partial charge in [-0.25, -0.2) is 0 Å². The van der Waals surface area contributed by atoms with Crippen LogP contribution in [0.3, 0.4) is 0 Å².